The molecule has 10 heteroatoms. The van der Waals surface area contributed by atoms with Gasteiger partial charge in [0.05, 0.1) is 22.2 Å². The molecule has 1 aromatic heterocycles. The first kappa shape index (κ1) is 27.0. The van der Waals surface area contributed by atoms with E-state index < -0.39 is 40.8 Å². The van der Waals surface area contributed by atoms with E-state index in [4.69, 9.17) is 5.11 Å². The Balaban J connectivity index is 1.35. The molecule has 0 spiro atoms. The van der Waals surface area contributed by atoms with E-state index in [0.717, 1.165) is 24.3 Å². The van der Waals surface area contributed by atoms with Gasteiger partial charge in [0.15, 0.2) is 0 Å². The molecule has 7 rings (SSSR count). The molecule has 1 amide bonds. The van der Waals surface area contributed by atoms with Crippen LogP contribution in [0.1, 0.15) is 53.6 Å². The van der Waals surface area contributed by atoms with Crippen molar-refractivity contribution in [3.05, 3.63) is 95.2 Å². The first-order valence-corrected chi connectivity index (χ1v) is 13.1. The number of rotatable bonds is 8. The Bertz CT molecular complexity index is 1650. The second-order valence-electron chi connectivity index (χ2n) is 11.4. The molecule has 4 aromatic rings. The Kier molecular flexibility index (Phi) is 6.20. The summed E-state index contributed by atoms with van der Waals surface area (Å²) in [5, 5.41) is 12.6. The fourth-order valence-electron chi connectivity index (χ4n) is 6.64. The van der Waals surface area contributed by atoms with Gasteiger partial charge in [-0.15, -0.1) is 0 Å². The van der Waals surface area contributed by atoms with Crippen LogP contribution < -0.4 is 5.32 Å². The number of fused-ring (bicyclic) bond motifs is 1. The smallest absolute Gasteiger partial charge is 0.416 e. The fraction of sp³-hybridized carbons (Fsp3) is 0.290. The summed E-state index contributed by atoms with van der Waals surface area (Å²) in [6.45, 7) is 0.165. The van der Waals surface area contributed by atoms with Crippen LogP contribution in [0.4, 0.5) is 22.0 Å². The van der Waals surface area contributed by atoms with Gasteiger partial charge in [-0.05, 0) is 84.7 Å². The van der Waals surface area contributed by atoms with Crippen LogP contribution in [-0.4, -0.2) is 27.1 Å². The van der Waals surface area contributed by atoms with Crippen LogP contribution in [-0.2, 0) is 17.5 Å². The molecule has 5 nitrogen and oxygen atoms in total. The number of alkyl halides is 3. The molecule has 3 aromatic carbocycles. The molecule has 2 bridgehead atoms. The third-order valence-electron chi connectivity index (χ3n) is 8.38. The van der Waals surface area contributed by atoms with Crippen molar-refractivity contribution >= 4 is 22.8 Å². The number of carboxylic acid groups (broad SMARTS) is 1. The number of benzene rings is 3. The van der Waals surface area contributed by atoms with E-state index in [1.165, 1.54) is 24.3 Å². The summed E-state index contributed by atoms with van der Waals surface area (Å²) in [7, 11) is 0. The van der Waals surface area contributed by atoms with Crippen molar-refractivity contribution in [3.8, 4) is 11.1 Å². The zero-order valence-corrected chi connectivity index (χ0v) is 21.7. The predicted octanol–water partition coefficient (Wildman–Crippen LogP) is 7.17. The normalized spacial score (nSPS) is 21.3. The Morgan fingerprint density at radius 2 is 1.61 bits per heavy atom. The molecule has 3 aliphatic carbocycles. The Labute approximate surface area is 231 Å². The molecule has 3 fully saturated rings. The molecule has 41 heavy (non-hydrogen) atoms. The van der Waals surface area contributed by atoms with Gasteiger partial charge in [0.25, 0.3) is 5.91 Å². The molecule has 0 atom stereocenters. The maximum atomic E-state index is 14.7. The Morgan fingerprint density at radius 3 is 2.22 bits per heavy atom. The van der Waals surface area contributed by atoms with Crippen LogP contribution in [0.2, 0.25) is 0 Å². The number of amides is 1. The van der Waals surface area contributed by atoms with Gasteiger partial charge in [-0.2, -0.15) is 13.2 Å². The van der Waals surface area contributed by atoms with Crippen molar-refractivity contribution < 1.29 is 36.6 Å². The fourth-order valence-corrected chi connectivity index (χ4v) is 6.64. The summed E-state index contributed by atoms with van der Waals surface area (Å²) in [5.41, 5.74) is -0.149. The van der Waals surface area contributed by atoms with Crippen LogP contribution in [0.3, 0.4) is 0 Å². The van der Waals surface area contributed by atoms with Gasteiger partial charge in [-0.25, -0.2) is 8.78 Å². The van der Waals surface area contributed by atoms with E-state index in [1.54, 1.807) is 22.9 Å². The number of nitrogens with one attached hydrogen (secondary N) is 1. The van der Waals surface area contributed by atoms with E-state index in [-0.39, 0.29) is 35.1 Å². The summed E-state index contributed by atoms with van der Waals surface area (Å²) in [6.07, 6.45) is -0.178. The van der Waals surface area contributed by atoms with Crippen molar-refractivity contribution in [3.63, 3.8) is 0 Å². The molecular weight excluding hydrogens is 543 g/mol. The third-order valence-corrected chi connectivity index (χ3v) is 8.38. The van der Waals surface area contributed by atoms with Crippen molar-refractivity contribution in [1.29, 1.82) is 0 Å². The molecule has 3 aliphatic rings. The van der Waals surface area contributed by atoms with Crippen LogP contribution in [0.25, 0.3) is 22.0 Å². The number of hydrogen-bond acceptors (Lipinski definition) is 2. The van der Waals surface area contributed by atoms with Crippen molar-refractivity contribution in [2.75, 3.05) is 0 Å². The van der Waals surface area contributed by atoms with Gasteiger partial charge in [0, 0.05) is 30.1 Å². The Hall–Kier alpha value is -4.21. The van der Waals surface area contributed by atoms with Gasteiger partial charge in [-0.1, -0.05) is 18.2 Å². The highest BCUT2D eigenvalue weighted by Gasteiger charge is 2.67. The number of carboxylic acids is 1. The zero-order chi connectivity index (χ0) is 29.2. The summed E-state index contributed by atoms with van der Waals surface area (Å²) in [6, 6.07) is 13.0. The van der Waals surface area contributed by atoms with Crippen molar-refractivity contribution in [1.82, 2.24) is 9.88 Å². The number of aliphatic carboxylic acids is 1. The second-order valence-corrected chi connectivity index (χ2v) is 11.4. The Morgan fingerprint density at radius 1 is 0.951 bits per heavy atom. The van der Waals surface area contributed by atoms with E-state index in [1.807, 2.05) is 0 Å². The quantitative estimate of drug-likeness (QED) is 0.222. The molecule has 1 heterocycles. The van der Waals surface area contributed by atoms with Gasteiger partial charge in [0.2, 0.25) is 0 Å². The van der Waals surface area contributed by atoms with E-state index in [2.05, 4.69) is 5.32 Å². The van der Waals surface area contributed by atoms with Gasteiger partial charge in [0.1, 0.15) is 11.6 Å². The van der Waals surface area contributed by atoms with Gasteiger partial charge >= 0.3 is 12.1 Å². The van der Waals surface area contributed by atoms with Crippen molar-refractivity contribution in [2.24, 2.45) is 5.41 Å². The average Bonchev–Trinajstić information content (AvgIpc) is 3.26. The lowest BCUT2D eigenvalue weighted by atomic mass is 9.38. The number of nitrogens with zero attached hydrogens (tertiary/aromatic N) is 1. The largest absolute Gasteiger partial charge is 0.481 e. The predicted molar refractivity (Wildman–Crippen MR) is 141 cm³/mol. The van der Waals surface area contributed by atoms with E-state index in [0.29, 0.717) is 42.1 Å². The maximum absolute atomic E-state index is 14.7. The van der Waals surface area contributed by atoms with Crippen LogP contribution in [0.5, 0.6) is 0 Å². The molecule has 3 saturated carbocycles. The summed E-state index contributed by atoms with van der Waals surface area (Å²) < 4.78 is 70.3. The van der Waals surface area contributed by atoms with Gasteiger partial charge in [-0.3, -0.25) is 9.59 Å². The highest BCUT2D eigenvalue weighted by atomic mass is 19.4. The second kappa shape index (κ2) is 9.43. The molecule has 2 N–H and O–H groups in total. The first-order chi connectivity index (χ1) is 19.4. The van der Waals surface area contributed by atoms with Crippen LogP contribution in [0, 0.1) is 17.0 Å². The lowest BCUT2D eigenvalue weighted by molar-refractivity contribution is -0.161. The highest BCUT2D eigenvalue weighted by Crippen LogP contribution is 2.69. The zero-order valence-electron chi connectivity index (χ0n) is 21.7. The first-order valence-electron chi connectivity index (χ1n) is 13.1. The number of aromatic nitrogens is 1. The summed E-state index contributed by atoms with van der Waals surface area (Å²) in [5.74, 6) is -2.85. The number of hydrogen-bond donors (Lipinski definition) is 2. The topological polar surface area (TPSA) is 71.3 Å². The summed E-state index contributed by atoms with van der Waals surface area (Å²) >= 11 is 0. The minimum atomic E-state index is -4.46. The van der Waals surface area contributed by atoms with Crippen LogP contribution in [0.15, 0.2) is 66.9 Å². The SMILES string of the molecule is O=C(O)CCC12CC(NC(=O)c3cc(-c4c(F)cccc4F)cc4ccn(Cc5ccc(C(F)(F)F)cc5)c34)(C1)C2. The highest BCUT2D eigenvalue weighted by molar-refractivity contribution is 6.08. The average molecular weight is 569 g/mol. The molecular formula is C31H25F5N2O3. The van der Waals surface area contributed by atoms with Gasteiger partial charge < -0.3 is 15.0 Å². The third kappa shape index (κ3) is 4.85. The lowest BCUT2D eigenvalue weighted by Gasteiger charge is -2.71. The number of halogens is 5. The molecule has 212 valence electrons. The minimum Gasteiger partial charge on any atom is -0.481 e. The summed E-state index contributed by atoms with van der Waals surface area (Å²) in [4.78, 5) is 24.7. The lowest BCUT2D eigenvalue weighted by Crippen LogP contribution is -2.74. The van der Waals surface area contributed by atoms with Crippen molar-refractivity contribution in [2.45, 2.75) is 50.4 Å². The number of carbonyl (C=O) groups is 2. The molecule has 0 aliphatic heterocycles. The monoisotopic (exact) mass is 568 g/mol. The number of carbonyl (C=O) groups excluding carboxylic acids is 1. The molecule has 0 unspecified atom stereocenters. The van der Waals surface area contributed by atoms with E-state index in [9.17, 15) is 31.5 Å². The molecule has 0 radical (unpaired) electrons. The van der Waals surface area contributed by atoms with Crippen LogP contribution >= 0.6 is 0 Å². The van der Waals surface area contributed by atoms with E-state index >= 15 is 0 Å². The standard InChI is InChI=1S/C31H25F5N2O3/c32-23-2-1-3-24(33)26(23)20-12-19-9-11-38(14-18-4-6-21(7-5-18)31(34,35)36)27(19)22(13-20)28(41)37-30-15-29(16-30,17-30)10-8-25(39)40/h1-7,9,11-13H,8,10,14-17H2,(H,37,41)(H,39,40). The molecule has 0 saturated heterocycles. The maximum Gasteiger partial charge on any atom is 0.416 e. The minimum absolute atomic E-state index is 0.0678.